The smallest absolute Gasteiger partial charge is 0.187 e. The van der Waals surface area contributed by atoms with E-state index in [-0.39, 0.29) is 0 Å². The van der Waals surface area contributed by atoms with Crippen LogP contribution in [0, 0.1) is 6.92 Å². The van der Waals surface area contributed by atoms with Gasteiger partial charge in [-0.25, -0.2) is 9.97 Å². The Morgan fingerprint density at radius 2 is 1.96 bits per heavy atom. The number of thioether (sulfide) groups is 1. The number of methoxy groups -OCH3 is 1. The molecule has 4 nitrogen and oxygen atoms in total. The maximum absolute atomic E-state index is 5.34. The zero-order valence-corrected chi connectivity index (χ0v) is 15.3. The van der Waals surface area contributed by atoms with E-state index in [9.17, 15) is 0 Å². The van der Waals surface area contributed by atoms with Crippen LogP contribution in [0.15, 0.2) is 47.9 Å². The number of nitrogens with zero attached hydrogens (tertiary/aromatic N) is 3. The van der Waals surface area contributed by atoms with Crippen molar-refractivity contribution >= 4 is 22.7 Å². The summed E-state index contributed by atoms with van der Waals surface area (Å²) in [6.07, 6.45) is 7.57. The lowest BCUT2D eigenvalue weighted by molar-refractivity contribution is 0.415. The number of rotatable bonds is 8. The van der Waals surface area contributed by atoms with Crippen molar-refractivity contribution in [3.05, 3.63) is 60.9 Å². The van der Waals surface area contributed by atoms with Crippen LogP contribution in [0.1, 0.15) is 24.1 Å². The van der Waals surface area contributed by atoms with Gasteiger partial charge in [-0.3, -0.25) is 4.98 Å². The third-order valence-electron chi connectivity index (χ3n) is 3.98. The van der Waals surface area contributed by atoms with E-state index in [1.165, 1.54) is 5.56 Å². The van der Waals surface area contributed by atoms with Crippen LogP contribution in [0.2, 0.25) is 0 Å². The number of benzene rings is 1. The van der Waals surface area contributed by atoms with Crippen LogP contribution in [-0.2, 0) is 12.8 Å². The molecule has 0 saturated carbocycles. The highest BCUT2D eigenvalue weighted by Crippen LogP contribution is 2.23. The van der Waals surface area contributed by atoms with Crippen LogP contribution in [0.4, 0.5) is 0 Å². The van der Waals surface area contributed by atoms with Gasteiger partial charge in [-0.1, -0.05) is 18.7 Å². The zero-order valence-electron chi connectivity index (χ0n) is 14.4. The first-order valence-corrected chi connectivity index (χ1v) is 9.44. The lowest BCUT2D eigenvalue weighted by atomic mass is 10.0. The molecule has 0 unspecified atom stereocenters. The van der Waals surface area contributed by atoms with Gasteiger partial charge in [0.15, 0.2) is 5.16 Å². The molecule has 129 valence electrons. The standard InChI is InChI=1S/C20H22N3OS/c1-3-13-25-20-22-12-10-16(23-20)6-4-5-15-9-11-21-19-8-7-17(24-2)14-18(15)19/h7-12,14H,1,3-6,13H2,2H3. The van der Waals surface area contributed by atoms with Crippen LogP contribution < -0.4 is 4.74 Å². The van der Waals surface area contributed by atoms with E-state index in [1.807, 2.05) is 30.6 Å². The van der Waals surface area contributed by atoms with Gasteiger partial charge < -0.3 is 4.74 Å². The maximum Gasteiger partial charge on any atom is 0.187 e. The van der Waals surface area contributed by atoms with Crippen LogP contribution in [0.3, 0.4) is 0 Å². The molecule has 0 amide bonds. The SMILES string of the molecule is [CH2]CCSc1nccc(CCCc2ccnc3ccc(OC)cc23)n1. The Morgan fingerprint density at radius 3 is 2.80 bits per heavy atom. The molecule has 0 bridgehead atoms. The molecule has 2 aromatic heterocycles. The van der Waals surface area contributed by atoms with Crippen molar-refractivity contribution in [1.29, 1.82) is 0 Å². The van der Waals surface area contributed by atoms with Gasteiger partial charge >= 0.3 is 0 Å². The average molecular weight is 352 g/mol. The lowest BCUT2D eigenvalue weighted by Crippen LogP contribution is -1.97. The number of hydrogen-bond acceptors (Lipinski definition) is 5. The number of aromatic nitrogens is 3. The van der Waals surface area contributed by atoms with E-state index in [0.717, 1.165) is 58.9 Å². The third kappa shape index (κ3) is 4.69. The zero-order chi connectivity index (χ0) is 17.5. The quantitative estimate of drug-likeness (QED) is 0.440. The third-order valence-corrected chi connectivity index (χ3v) is 4.93. The van der Waals surface area contributed by atoms with Crippen LogP contribution in [-0.4, -0.2) is 27.8 Å². The number of hydrogen-bond donors (Lipinski definition) is 0. The van der Waals surface area contributed by atoms with Gasteiger partial charge in [0.1, 0.15) is 5.75 Å². The Labute approximate surface area is 153 Å². The molecule has 3 rings (SSSR count). The minimum absolute atomic E-state index is 0.847. The normalized spacial score (nSPS) is 11.0. The predicted octanol–water partition coefficient (Wildman–Crippen LogP) is 4.52. The molecule has 3 aromatic rings. The van der Waals surface area contributed by atoms with E-state index in [4.69, 9.17) is 4.74 Å². The Kier molecular flexibility index (Phi) is 6.23. The molecule has 0 fully saturated rings. The number of aryl methyl sites for hydroxylation is 2. The van der Waals surface area contributed by atoms with E-state index < -0.39 is 0 Å². The highest BCUT2D eigenvalue weighted by molar-refractivity contribution is 7.99. The minimum atomic E-state index is 0.847. The second kappa shape index (κ2) is 8.81. The first-order chi connectivity index (χ1) is 12.3. The maximum atomic E-state index is 5.34. The fourth-order valence-corrected chi connectivity index (χ4v) is 3.38. The Balaban J connectivity index is 1.67. The molecule has 2 heterocycles. The van der Waals surface area contributed by atoms with Gasteiger partial charge in [0.25, 0.3) is 0 Å². The van der Waals surface area contributed by atoms with Crippen molar-refractivity contribution in [2.45, 2.75) is 30.8 Å². The van der Waals surface area contributed by atoms with E-state index >= 15 is 0 Å². The van der Waals surface area contributed by atoms with Crippen molar-refractivity contribution in [3.8, 4) is 5.75 Å². The molecular weight excluding hydrogens is 330 g/mol. The summed E-state index contributed by atoms with van der Waals surface area (Å²) >= 11 is 1.66. The number of fused-ring (bicyclic) bond motifs is 1. The monoisotopic (exact) mass is 352 g/mol. The highest BCUT2D eigenvalue weighted by Gasteiger charge is 2.05. The lowest BCUT2D eigenvalue weighted by Gasteiger charge is -2.08. The topological polar surface area (TPSA) is 47.9 Å². The summed E-state index contributed by atoms with van der Waals surface area (Å²) in [5, 5.41) is 2.01. The fourth-order valence-electron chi connectivity index (χ4n) is 2.74. The first-order valence-electron chi connectivity index (χ1n) is 8.46. The molecule has 25 heavy (non-hydrogen) atoms. The molecule has 0 aliphatic heterocycles. The number of ether oxygens (including phenoxy) is 1. The van der Waals surface area contributed by atoms with Crippen molar-refractivity contribution < 1.29 is 4.74 Å². The molecule has 1 radical (unpaired) electrons. The highest BCUT2D eigenvalue weighted by atomic mass is 32.2. The summed E-state index contributed by atoms with van der Waals surface area (Å²) < 4.78 is 5.34. The first kappa shape index (κ1) is 17.7. The minimum Gasteiger partial charge on any atom is -0.497 e. The van der Waals surface area contributed by atoms with Gasteiger partial charge in [0.05, 0.1) is 12.6 Å². The fraction of sp³-hybridized carbons (Fsp3) is 0.300. The summed E-state index contributed by atoms with van der Waals surface area (Å²) in [6, 6.07) is 10.1. The largest absolute Gasteiger partial charge is 0.497 e. The molecule has 5 heteroatoms. The van der Waals surface area contributed by atoms with Crippen molar-refractivity contribution in [3.63, 3.8) is 0 Å². The molecule has 0 spiro atoms. The van der Waals surface area contributed by atoms with Crippen LogP contribution in [0.25, 0.3) is 10.9 Å². The van der Waals surface area contributed by atoms with Gasteiger partial charge in [0, 0.05) is 29.2 Å². The van der Waals surface area contributed by atoms with E-state index in [2.05, 4.69) is 34.0 Å². The summed E-state index contributed by atoms with van der Waals surface area (Å²) in [7, 11) is 1.69. The second-order valence-electron chi connectivity index (χ2n) is 5.74. The molecule has 0 aliphatic rings. The van der Waals surface area contributed by atoms with Crippen molar-refractivity contribution in [2.75, 3.05) is 12.9 Å². The molecule has 0 N–H and O–H groups in total. The van der Waals surface area contributed by atoms with Gasteiger partial charge in [-0.2, -0.15) is 0 Å². The molecule has 0 atom stereocenters. The summed E-state index contributed by atoms with van der Waals surface area (Å²) in [6.45, 7) is 3.85. The number of pyridine rings is 1. The Morgan fingerprint density at radius 1 is 1.08 bits per heavy atom. The van der Waals surface area contributed by atoms with E-state index in [1.54, 1.807) is 18.9 Å². The molecule has 0 saturated heterocycles. The molecule has 1 aromatic carbocycles. The van der Waals surface area contributed by atoms with E-state index in [0.29, 0.717) is 0 Å². The van der Waals surface area contributed by atoms with Crippen molar-refractivity contribution in [2.24, 2.45) is 0 Å². The summed E-state index contributed by atoms with van der Waals surface area (Å²) in [4.78, 5) is 13.4. The van der Waals surface area contributed by atoms with Crippen LogP contribution in [0.5, 0.6) is 5.75 Å². The van der Waals surface area contributed by atoms with Gasteiger partial charge in [-0.05, 0) is 61.6 Å². The Bertz CT molecular complexity index is 838. The van der Waals surface area contributed by atoms with Crippen LogP contribution >= 0.6 is 11.8 Å². The molecule has 0 aliphatic carbocycles. The average Bonchev–Trinajstić information content (AvgIpc) is 2.66. The van der Waals surface area contributed by atoms with Crippen molar-refractivity contribution in [1.82, 2.24) is 15.0 Å². The summed E-state index contributed by atoms with van der Waals surface area (Å²) in [5.74, 6) is 1.82. The summed E-state index contributed by atoms with van der Waals surface area (Å²) in [5.41, 5.74) is 3.40. The van der Waals surface area contributed by atoms with Gasteiger partial charge in [0.2, 0.25) is 0 Å². The second-order valence-corrected chi connectivity index (χ2v) is 6.80. The molecular formula is C20H22N3OS. The van der Waals surface area contributed by atoms with Gasteiger partial charge in [-0.15, -0.1) is 0 Å². The predicted molar refractivity (Wildman–Crippen MR) is 103 cm³/mol. The Hall–Kier alpha value is -2.14.